The summed E-state index contributed by atoms with van der Waals surface area (Å²) in [7, 11) is 0. The molecule has 108 valence electrons. The van der Waals surface area contributed by atoms with Gasteiger partial charge in [-0.1, -0.05) is 31.2 Å². The minimum absolute atomic E-state index is 0.233. The average molecular weight is 297 g/mol. The molecule has 0 saturated carbocycles. The summed E-state index contributed by atoms with van der Waals surface area (Å²) in [6, 6.07) is 10.7. The van der Waals surface area contributed by atoms with E-state index in [1.807, 2.05) is 4.90 Å². The largest absolute Gasteiger partial charge is 0.338 e. The van der Waals surface area contributed by atoms with Crippen LogP contribution in [0.1, 0.15) is 34.1 Å². The lowest BCUT2D eigenvalue weighted by Gasteiger charge is -2.15. The first-order valence-electron chi connectivity index (χ1n) is 7.72. The summed E-state index contributed by atoms with van der Waals surface area (Å²) in [4.78, 5) is 16.9. The van der Waals surface area contributed by atoms with Crippen LogP contribution >= 0.6 is 11.3 Å². The molecular formula is C18H19NOS. The van der Waals surface area contributed by atoms with E-state index in [2.05, 4.69) is 37.3 Å². The Balaban J connectivity index is 1.69. The van der Waals surface area contributed by atoms with E-state index in [4.69, 9.17) is 0 Å². The van der Waals surface area contributed by atoms with Crippen molar-refractivity contribution < 1.29 is 4.79 Å². The van der Waals surface area contributed by atoms with E-state index in [-0.39, 0.29) is 5.91 Å². The summed E-state index contributed by atoms with van der Waals surface area (Å²) in [6.07, 6.45) is 3.29. The molecule has 1 saturated heterocycles. The first-order chi connectivity index (χ1) is 10.2. The number of nitrogens with zero attached hydrogens (tertiary/aromatic N) is 1. The number of hydrogen-bond acceptors (Lipinski definition) is 2. The highest BCUT2D eigenvalue weighted by Gasteiger charge is 2.27. The van der Waals surface area contributed by atoms with Crippen LogP contribution in [0, 0.1) is 5.92 Å². The van der Waals surface area contributed by atoms with E-state index < -0.39 is 0 Å². The van der Waals surface area contributed by atoms with Gasteiger partial charge in [0.05, 0.1) is 4.88 Å². The maximum Gasteiger partial charge on any atom is 0.263 e. The molecule has 1 aromatic carbocycles. The minimum atomic E-state index is 0.233. The number of carbonyl (C=O) groups excluding carboxylic acids is 1. The van der Waals surface area contributed by atoms with Gasteiger partial charge in [-0.05, 0) is 47.9 Å². The molecule has 0 radical (unpaired) electrons. The van der Waals surface area contributed by atoms with Gasteiger partial charge >= 0.3 is 0 Å². The van der Waals surface area contributed by atoms with E-state index in [0.29, 0.717) is 5.92 Å². The molecule has 4 rings (SSSR count). The van der Waals surface area contributed by atoms with Crippen molar-refractivity contribution in [3.05, 3.63) is 46.3 Å². The van der Waals surface area contributed by atoms with E-state index in [1.165, 1.54) is 21.6 Å². The van der Waals surface area contributed by atoms with E-state index >= 15 is 0 Å². The molecule has 1 atom stereocenters. The van der Waals surface area contributed by atoms with Crippen LogP contribution in [0.3, 0.4) is 0 Å². The molecule has 1 aromatic heterocycles. The molecular weight excluding hydrogens is 278 g/mol. The lowest BCUT2D eigenvalue weighted by Crippen LogP contribution is -2.27. The van der Waals surface area contributed by atoms with Gasteiger partial charge in [-0.2, -0.15) is 0 Å². The maximum absolute atomic E-state index is 12.7. The number of hydrogen-bond donors (Lipinski definition) is 0. The predicted octanol–water partition coefficient (Wildman–Crippen LogP) is 4.00. The van der Waals surface area contributed by atoms with Crippen LogP contribution in [0.2, 0.25) is 0 Å². The zero-order valence-electron chi connectivity index (χ0n) is 12.3. The zero-order valence-corrected chi connectivity index (χ0v) is 13.1. The smallest absolute Gasteiger partial charge is 0.263 e. The summed E-state index contributed by atoms with van der Waals surface area (Å²) in [5, 5.41) is 0. The highest BCUT2D eigenvalue weighted by Crippen LogP contribution is 2.40. The first-order valence-corrected chi connectivity index (χ1v) is 8.54. The van der Waals surface area contributed by atoms with Crippen LogP contribution in [0.15, 0.2) is 30.3 Å². The normalized spacial score (nSPS) is 20.2. The summed E-state index contributed by atoms with van der Waals surface area (Å²) in [5.41, 5.74) is 4.10. The number of amides is 1. The van der Waals surface area contributed by atoms with Gasteiger partial charge in [0, 0.05) is 18.0 Å². The van der Waals surface area contributed by atoms with Crippen LogP contribution in [-0.4, -0.2) is 23.9 Å². The number of thiophene rings is 1. The van der Waals surface area contributed by atoms with Crippen LogP contribution in [0.4, 0.5) is 0 Å². The summed E-state index contributed by atoms with van der Waals surface area (Å²) < 4.78 is 0. The van der Waals surface area contributed by atoms with Crippen molar-refractivity contribution in [1.29, 1.82) is 0 Å². The molecule has 0 N–H and O–H groups in total. The highest BCUT2D eigenvalue weighted by molar-refractivity contribution is 7.17. The van der Waals surface area contributed by atoms with Gasteiger partial charge in [0.15, 0.2) is 0 Å². The SMILES string of the molecule is CC1CCN(C(=O)c2cc3c(s2)-c2ccccc2CC3)C1. The van der Waals surface area contributed by atoms with Crippen LogP contribution in [0.25, 0.3) is 10.4 Å². The molecule has 1 aliphatic carbocycles. The van der Waals surface area contributed by atoms with Gasteiger partial charge in [0.2, 0.25) is 0 Å². The predicted molar refractivity (Wildman–Crippen MR) is 86.8 cm³/mol. The van der Waals surface area contributed by atoms with Crippen molar-refractivity contribution in [2.75, 3.05) is 13.1 Å². The number of benzene rings is 1. The molecule has 2 aromatic rings. The van der Waals surface area contributed by atoms with E-state index in [9.17, 15) is 4.79 Å². The van der Waals surface area contributed by atoms with Crippen LogP contribution in [-0.2, 0) is 12.8 Å². The third-order valence-corrected chi connectivity index (χ3v) is 5.86. The monoisotopic (exact) mass is 297 g/mol. The average Bonchev–Trinajstić information content (AvgIpc) is 3.12. The minimum Gasteiger partial charge on any atom is -0.338 e. The Morgan fingerprint density at radius 2 is 2.05 bits per heavy atom. The Labute approximate surface area is 129 Å². The van der Waals surface area contributed by atoms with Gasteiger partial charge in [0.25, 0.3) is 5.91 Å². The van der Waals surface area contributed by atoms with Gasteiger partial charge < -0.3 is 4.90 Å². The summed E-state index contributed by atoms with van der Waals surface area (Å²) >= 11 is 1.68. The second kappa shape index (κ2) is 4.99. The molecule has 0 bridgehead atoms. The summed E-state index contributed by atoms with van der Waals surface area (Å²) in [5.74, 6) is 0.875. The van der Waals surface area contributed by atoms with Gasteiger partial charge in [-0.3, -0.25) is 4.79 Å². The number of likely N-dealkylation sites (tertiary alicyclic amines) is 1. The Kier molecular flexibility index (Phi) is 3.11. The fraction of sp³-hybridized carbons (Fsp3) is 0.389. The zero-order chi connectivity index (χ0) is 14.4. The molecule has 1 fully saturated rings. The van der Waals surface area contributed by atoms with Crippen molar-refractivity contribution in [1.82, 2.24) is 4.90 Å². The van der Waals surface area contributed by atoms with Crippen molar-refractivity contribution in [2.24, 2.45) is 5.92 Å². The number of aryl methyl sites for hydroxylation is 2. The second-order valence-corrected chi connectivity index (χ2v) is 7.32. The van der Waals surface area contributed by atoms with E-state index in [0.717, 1.165) is 37.2 Å². The summed E-state index contributed by atoms with van der Waals surface area (Å²) in [6.45, 7) is 4.06. The molecule has 0 spiro atoms. The number of rotatable bonds is 1. The van der Waals surface area contributed by atoms with Crippen molar-refractivity contribution in [3.8, 4) is 10.4 Å². The van der Waals surface area contributed by atoms with E-state index in [1.54, 1.807) is 11.3 Å². The van der Waals surface area contributed by atoms with Crippen LogP contribution < -0.4 is 0 Å². The third-order valence-electron chi connectivity index (χ3n) is 4.66. The Morgan fingerprint density at radius 3 is 2.86 bits per heavy atom. The molecule has 1 unspecified atom stereocenters. The molecule has 2 nitrogen and oxygen atoms in total. The van der Waals surface area contributed by atoms with Gasteiger partial charge in [0.1, 0.15) is 0 Å². The standard InChI is InChI=1S/C18H19NOS/c1-12-8-9-19(11-12)18(20)16-10-14-7-6-13-4-2-3-5-15(13)17(14)21-16/h2-5,10,12H,6-9,11H2,1H3. The third kappa shape index (κ3) is 2.20. The lowest BCUT2D eigenvalue weighted by molar-refractivity contribution is 0.0793. The van der Waals surface area contributed by atoms with Crippen molar-refractivity contribution >= 4 is 17.2 Å². The topological polar surface area (TPSA) is 20.3 Å². The maximum atomic E-state index is 12.7. The van der Waals surface area contributed by atoms with Gasteiger partial charge in [-0.15, -0.1) is 11.3 Å². The highest BCUT2D eigenvalue weighted by atomic mass is 32.1. The molecule has 2 aliphatic rings. The van der Waals surface area contributed by atoms with Crippen molar-refractivity contribution in [2.45, 2.75) is 26.2 Å². The molecule has 3 heteroatoms. The molecule has 2 heterocycles. The Bertz CT molecular complexity index is 703. The fourth-order valence-electron chi connectivity index (χ4n) is 3.45. The molecule has 1 amide bonds. The van der Waals surface area contributed by atoms with Gasteiger partial charge in [-0.25, -0.2) is 0 Å². The first kappa shape index (κ1) is 13.1. The Morgan fingerprint density at radius 1 is 1.24 bits per heavy atom. The fourth-order valence-corrected chi connectivity index (χ4v) is 4.69. The number of carbonyl (C=O) groups is 1. The van der Waals surface area contributed by atoms with Crippen molar-refractivity contribution in [3.63, 3.8) is 0 Å². The van der Waals surface area contributed by atoms with Crippen LogP contribution in [0.5, 0.6) is 0 Å². The quantitative estimate of drug-likeness (QED) is 0.779. The molecule has 21 heavy (non-hydrogen) atoms. The molecule has 1 aliphatic heterocycles. The second-order valence-electron chi connectivity index (χ2n) is 6.27. The lowest BCUT2D eigenvalue weighted by atomic mass is 9.91. The Hall–Kier alpha value is -1.61. The number of fused-ring (bicyclic) bond motifs is 3.